The number of amides is 2. The van der Waals surface area contributed by atoms with Crippen LogP contribution < -0.4 is 5.32 Å². The molecule has 1 saturated heterocycles. The quantitative estimate of drug-likeness (QED) is 0.821. The van der Waals surface area contributed by atoms with Gasteiger partial charge < -0.3 is 15.0 Å². The summed E-state index contributed by atoms with van der Waals surface area (Å²) in [5.74, 6) is 1.35. The van der Waals surface area contributed by atoms with E-state index in [0.29, 0.717) is 18.5 Å². The number of aromatic amines is 1. The Labute approximate surface area is 119 Å². The van der Waals surface area contributed by atoms with Crippen molar-refractivity contribution in [3.8, 4) is 0 Å². The van der Waals surface area contributed by atoms with Crippen molar-refractivity contribution in [3.63, 3.8) is 0 Å². The Morgan fingerprint density at radius 1 is 1.60 bits per heavy atom. The minimum Gasteiger partial charge on any atom is -0.378 e. The largest absolute Gasteiger partial charge is 0.378 e. The van der Waals surface area contributed by atoms with Crippen molar-refractivity contribution < 1.29 is 9.53 Å². The number of carbonyl (C=O) groups excluding carboxylic acids is 1. The van der Waals surface area contributed by atoms with Crippen molar-refractivity contribution >= 4 is 6.03 Å². The van der Waals surface area contributed by atoms with E-state index >= 15 is 0 Å². The maximum Gasteiger partial charge on any atom is 0.317 e. The molecular formula is C13H23N5O2. The smallest absolute Gasteiger partial charge is 0.317 e. The summed E-state index contributed by atoms with van der Waals surface area (Å²) < 4.78 is 5.56. The van der Waals surface area contributed by atoms with Gasteiger partial charge in [-0.05, 0) is 32.6 Å². The van der Waals surface area contributed by atoms with Crippen LogP contribution in [0.5, 0.6) is 0 Å². The van der Waals surface area contributed by atoms with Crippen LogP contribution in [0.1, 0.15) is 37.3 Å². The molecule has 2 amide bonds. The number of nitrogens with one attached hydrogen (secondary N) is 2. The second kappa shape index (κ2) is 7.23. The number of nitrogens with zero attached hydrogens (tertiary/aromatic N) is 3. The van der Waals surface area contributed by atoms with E-state index in [2.05, 4.69) is 20.5 Å². The number of H-pyrrole nitrogens is 1. The maximum absolute atomic E-state index is 11.9. The molecule has 7 heteroatoms. The Morgan fingerprint density at radius 3 is 3.10 bits per heavy atom. The van der Waals surface area contributed by atoms with Crippen LogP contribution in [0, 0.1) is 6.92 Å². The van der Waals surface area contributed by atoms with E-state index in [1.165, 1.54) is 0 Å². The van der Waals surface area contributed by atoms with E-state index in [1.807, 2.05) is 6.92 Å². The van der Waals surface area contributed by atoms with Gasteiger partial charge in [0.2, 0.25) is 0 Å². The molecule has 1 aliphatic heterocycles. The lowest BCUT2D eigenvalue weighted by Gasteiger charge is -2.18. The van der Waals surface area contributed by atoms with Crippen LogP contribution in [0.3, 0.4) is 0 Å². The zero-order chi connectivity index (χ0) is 14.4. The fourth-order valence-corrected chi connectivity index (χ4v) is 2.29. The standard InChI is InChI=1S/C13H23N5O2/c1-10-15-12(17-16-10)9-14-13(19)18(2)7-3-5-11-6-4-8-20-11/h11H,3-9H2,1-2H3,(H,14,19)(H,15,16,17)/t11-/m1/s1. The number of ether oxygens (including phenoxy) is 1. The highest BCUT2D eigenvalue weighted by Crippen LogP contribution is 2.16. The molecular weight excluding hydrogens is 258 g/mol. The molecule has 1 aromatic heterocycles. The van der Waals surface area contributed by atoms with Crippen LogP contribution in [-0.4, -0.2) is 52.4 Å². The fourth-order valence-electron chi connectivity index (χ4n) is 2.29. The summed E-state index contributed by atoms with van der Waals surface area (Å²) in [5.41, 5.74) is 0. The van der Waals surface area contributed by atoms with Crippen molar-refractivity contribution in [1.82, 2.24) is 25.4 Å². The lowest BCUT2D eigenvalue weighted by molar-refractivity contribution is 0.100. The molecule has 1 atom stereocenters. The van der Waals surface area contributed by atoms with Gasteiger partial charge in [0.05, 0.1) is 12.6 Å². The maximum atomic E-state index is 11.9. The van der Waals surface area contributed by atoms with Gasteiger partial charge in [-0.25, -0.2) is 9.78 Å². The van der Waals surface area contributed by atoms with Crippen molar-refractivity contribution in [2.45, 2.75) is 45.3 Å². The number of rotatable bonds is 6. The van der Waals surface area contributed by atoms with E-state index in [4.69, 9.17) is 4.74 Å². The molecule has 2 N–H and O–H groups in total. The summed E-state index contributed by atoms with van der Waals surface area (Å²) in [4.78, 5) is 17.7. The number of aryl methyl sites for hydroxylation is 1. The monoisotopic (exact) mass is 281 g/mol. The van der Waals surface area contributed by atoms with Crippen molar-refractivity contribution in [2.24, 2.45) is 0 Å². The zero-order valence-corrected chi connectivity index (χ0v) is 12.2. The number of carbonyl (C=O) groups is 1. The molecule has 0 unspecified atom stereocenters. The summed E-state index contributed by atoms with van der Waals surface area (Å²) in [6.07, 6.45) is 4.70. The lowest BCUT2D eigenvalue weighted by Crippen LogP contribution is -2.37. The van der Waals surface area contributed by atoms with Gasteiger partial charge in [-0.1, -0.05) is 0 Å². The Hall–Kier alpha value is -1.63. The third-order valence-corrected chi connectivity index (χ3v) is 3.43. The Kier molecular flexibility index (Phi) is 5.34. The Balaban J connectivity index is 1.61. The van der Waals surface area contributed by atoms with Crippen LogP contribution in [-0.2, 0) is 11.3 Å². The molecule has 2 rings (SSSR count). The minimum atomic E-state index is -0.0974. The molecule has 0 saturated carbocycles. The second-order valence-electron chi connectivity index (χ2n) is 5.19. The lowest BCUT2D eigenvalue weighted by atomic mass is 10.1. The number of hydrogen-bond acceptors (Lipinski definition) is 4. The van der Waals surface area contributed by atoms with Gasteiger partial charge in [0.25, 0.3) is 0 Å². The molecule has 0 bridgehead atoms. The first-order valence-corrected chi connectivity index (χ1v) is 7.13. The van der Waals surface area contributed by atoms with Crippen LogP contribution in [0.15, 0.2) is 0 Å². The minimum absolute atomic E-state index is 0.0974. The molecule has 1 aromatic rings. The SMILES string of the molecule is Cc1nc(CNC(=O)N(C)CCC[C@@H]2CCCO2)n[nH]1. The fraction of sp³-hybridized carbons (Fsp3) is 0.769. The van der Waals surface area contributed by atoms with Gasteiger partial charge in [-0.3, -0.25) is 5.10 Å². The molecule has 1 fully saturated rings. The molecule has 0 aromatic carbocycles. The molecule has 0 aliphatic carbocycles. The van der Waals surface area contributed by atoms with E-state index < -0.39 is 0 Å². The highest BCUT2D eigenvalue weighted by Gasteiger charge is 2.16. The van der Waals surface area contributed by atoms with Crippen LogP contribution in [0.2, 0.25) is 0 Å². The first kappa shape index (κ1) is 14.8. The van der Waals surface area contributed by atoms with E-state index in [-0.39, 0.29) is 6.03 Å². The average Bonchev–Trinajstić information content (AvgIpc) is 3.07. The first-order chi connectivity index (χ1) is 9.65. The normalized spacial score (nSPS) is 18.2. The molecule has 1 aliphatic rings. The Morgan fingerprint density at radius 2 is 2.45 bits per heavy atom. The zero-order valence-electron chi connectivity index (χ0n) is 12.2. The summed E-state index contributed by atoms with van der Waals surface area (Å²) in [6.45, 7) is 3.80. The van der Waals surface area contributed by atoms with Crippen LogP contribution in [0.4, 0.5) is 4.79 Å². The first-order valence-electron chi connectivity index (χ1n) is 7.13. The third kappa shape index (κ3) is 4.48. The third-order valence-electron chi connectivity index (χ3n) is 3.43. The van der Waals surface area contributed by atoms with E-state index in [1.54, 1.807) is 11.9 Å². The number of hydrogen-bond donors (Lipinski definition) is 2. The van der Waals surface area contributed by atoms with Gasteiger partial charge >= 0.3 is 6.03 Å². The van der Waals surface area contributed by atoms with Gasteiger partial charge in [-0.2, -0.15) is 5.10 Å². The highest BCUT2D eigenvalue weighted by molar-refractivity contribution is 5.73. The van der Waals surface area contributed by atoms with Crippen molar-refractivity contribution in [3.05, 3.63) is 11.6 Å². The molecule has 20 heavy (non-hydrogen) atoms. The van der Waals surface area contributed by atoms with E-state index in [9.17, 15) is 4.79 Å². The summed E-state index contributed by atoms with van der Waals surface area (Å²) >= 11 is 0. The topological polar surface area (TPSA) is 83.1 Å². The second-order valence-corrected chi connectivity index (χ2v) is 5.19. The van der Waals surface area contributed by atoms with Gasteiger partial charge in [-0.15, -0.1) is 0 Å². The predicted octanol–water partition coefficient (Wildman–Crippen LogP) is 1.21. The van der Waals surface area contributed by atoms with Gasteiger partial charge in [0.15, 0.2) is 5.82 Å². The molecule has 112 valence electrons. The summed E-state index contributed by atoms with van der Waals surface area (Å²) in [5, 5.41) is 9.52. The van der Waals surface area contributed by atoms with Gasteiger partial charge in [0.1, 0.15) is 5.82 Å². The van der Waals surface area contributed by atoms with Crippen LogP contribution >= 0.6 is 0 Å². The van der Waals surface area contributed by atoms with Crippen LogP contribution in [0.25, 0.3) is 0 Å². The molecule has 0 spiro atoms. The number of aromatic nitrogens is 3. The Bertz CT molecular complexity index is 428. The van der Waals surface area contributed by atoms with E-state index in [0.717, 1.165) is 44.7 Å². The van der Waals surface area contributed by atoms with Crippen molar-refractivity contribution in [2.75, 3.05) is 20.2 Å². The summed E-state index contributed by atoms with van der Waals surface area (Å²) in [7, 11) is 1.80. The van der Waals surface area contributed by atoms with Crippen molar-refractivity contribution in [1.29, 1.82) is 0 Å². The summed E-state index contributed by atoms with van der Waals surface area (Å²) in [6, 6.07) is -0.0974. The average molecular weight is 281 g/mol. The predicted molar refractivity (Wildman–Crippen MR) is 74.2 cm³/mol. The number of urea groups is 1. The molecule has 7 nitrogen and oxygen atoms in total. The van der Waals surface area contributed by atoms with Gasteiger partial charge in [0, 0.05) is 20.2 Å². The molecule has 2 heterocycles. The molecule has 0 radical (unpaired) electrons. The highest BCUT2D eigenvalue weighted by atomic mass is 16.5.